The summed E-state index contributed by atoms with van der Waals surface area (Å²) in [6.07, 6.45) is 0. The molecule has 14 heavy (non-hydrogen) atoms. The summed E-state index contributed by atoms with van der Waals surface area (Å²) < 4.78 is 0.976. The number of hydrogen-bond donors (Lipinski definition) is 2. The van der Waals surface area contributed by atoms with Crippen molar-refractivity contribution in [2.45, 2.75) is 13.0 Å². The largest absolute Gasteiger partial charge is 0.350 e. The summed E-state index contributed by atoms with van der Waals surface area (Å²) in [6, 6.07) is 3.98. The zero-order valence-corrected chi connectivity index (χ0v) is 10.5. The van der Waals surface area contributed by atoms with E-state index in [4.69, 9.17) is 0 Å². The first-order valence-corrected chi connectivity index (χ1v) is 5.95. The first kappa shape index (κ1) is 11.7. The van der Waals surface area contributed by atoms with Crippen molar-refractivity contribution < 1.29 is 4.79 Å². The molecule has 78 valence electrons. The van der Waals surface area contributed by atoms with Crippen LogP contribution in [-0.2, 0) is 0 Å². The summed E-state index contributed by atoms with van der Waals surface area (Å²) in [6.45, 7) is 2.66. The molecule has 1 atom stereocenters. The number of carbonyl (C=O) groups is 1. The minimum absolute atomic E-state index is 0.0113. The molecule has 1 unspecified atom stereocenters. The Morgan fingerprint density at radius 2 is 2.36 bits per heavy atom. The first-order valence-electron chi connectivity index (χ1n) is 4.34. The van der Waals surface area contributed by atoms with Gasteiger partial charge in [-0.2, -0.15) is 0 Å². The lowest BCUT2D eigenvalue weighted by atomic mass is 10.3. The minimum atomic E-state index is -0.0113. The van der Waals surface area contributed by atoms with Crippen LogP contribution in [-0.4, -0.2) is 25.5 Å². The molecule has 1 heterocycles. The Kier molecular flexibility index (Phi) is 4.57. The van der Waals surface area contributed by atoms with E-state index in [0.717, 1.165) is 8.66 Å². The van der Waals surface area contributed by atoms with E-state index in [1.807, 2.05) is 26.1 Å². The molecule has 1 aromatic heterocycles. The first-order chi connectivity index (χ1) is 6.63. The summed E-state index contributed by atoms with van der Waals surface area (Å²) >= 11 is 4.76. The van der Waals surface area contributed by atoms with Crippen LogP contribution in [0.5, 0.6) is 0 Å². The molecule has 0 radical (unpaired) electrons. The third kappa shape index (κ3) is 3.40. The SMILES string of the molecule is CNC(C)CNC(=O)c1ccc(Br)s1. The van der Waals surface area contributed by atoms with E-state index in [2.05, 4.69) is 26.6 Å². The number of hydrogen-bond acceptors (Lipinski definition) is 3. The number of rotatable bonds is 4. The molecule has 0 aliphatic carbocycles. The number of amides is 1. The van der Waals surface area contributed by atoms with Crippen molar-refractivity contribution in [3.8, 4) is 0 Å². The Balaban J connectivity index is 2.43. The van der Waals surface area contributed by atoms with Crippen molar-refractivity contribution in [1.82, 2.24) is 10.6 Å². The molecule has 0 saturated carbocycles. The molecular formula is C9H13BrN2OS. The maximum Gasteiger partial charge on any atom is 0.261 e. The Labute approximate surface area is 96.0 Å². The molecule has 1 amide bonds. The van der Waals surface area contributed by atoms with E-state index < -0.39 is 0 Å². The quantitative estimate of drug-likeness (QED) is 0.881. The van der Waals surface area contributed by atoms with Crippen LogP contribution in [0.25, 0.3) is 0 Å². The van der Waals surface area contributed by atoms with Crippen LogP contribution < -0.4 is 10.6 Å². The van der Waals surface area contributed by atoms with Crippen LogP contribution in [0, 0.1) is 0 Å². The highest BCUT2D eigenvalue weighted by molar-refractivity contribution is 9.11. The smallest absolute Gasteiger partial charge is 0.261 e. The predicted molar refractivity (Wildman–Crippen MR) is 62.9 cm³/mol. The maximum absolute atomic E-state index is 11.5. The second kappa shape index (κ2) is 5.48. The van der Waals surface area contributed by atoms with Gasteiger partial charge in [0, 0.05) is 12.6 Å². The van der Waals surface area contributed by atoms with Crippen molar-refractivity contribution in [3.05, 3.63) is 20.8 Å². The second-order valence-electron chi connectivity index (χ2n) is 3.00. The van der Waals surface area contributed by atoms with E-state index in [9.17, 15) is 4.79 Å². The summed E-state index contributed by atoms with van der Waals surface area (Å²) in [7, 11) is 1.87. The third-order valence-corrected chi connectivity index (χ3v) is 3.48. The number of nitrogens with one attached hydrogen (secondary N) is 2. The highest BCUT2D eigenvalue weighted by Gasteiger charge is 2.08. The number of likely N-dealkylation sites (N-methyl/N-ethyl adjacent to an activating group) is 1. The predicted octanol–water partition coefficient (Wildman–Crippen LogP) is 1.85. The molecular weight excluding hydrogens is 264 g/mol. The Hall–Kier alpha value is -0.390. The van der Waals surface area contributed by atoms with Gasteiger partial charge in [-0.3, -0.25) is 4.79 Å². The Bertz CT molecular complexity index is 314. The molecule has 5 heteroatoms. The standard InChI is InChI=1S/C9H13BrN2OS/c1-6(11-2)5-12-9(13)7-3-4-8(10)14-7/h3-4,6,11H,5H2,1-2H3,(H,12,13). The van der Waals surface area contributed by atoms with E-state index >= 15 is 0 Å². The van der Waals surface area contributed by atoms with E-state index in [1.165, 1.54) is 11.3 Å². The molecule has 2 N–H and O–H groups in total. The highest BCUT2D eigenvalue weighted by atomic mass is 79.9. The van der Waals surface area contributed by atoms with E-state index in [0.29, 0.717) is 12.6 Å². The molecule has 0 fully saturated rings. The lowest BCUT2D eigenvalue weighted by molar-refractivity contribution is 0.0954. The van der Waals surface area contributed by atoms with Crippen LogP contribution >= 0.6 is 27.3 Å². The average molecular weight is 277 g/mol. The summed E-state index contributed by atoms with van der Waals surface area (Å²) in [5, 5.41) is 5.91. The lowest BCUT2D eigenvalue weighted by Crippen LogP contribution is -2.36. The van der Waals surface area contributed by atoms with Crippen molar-refractivity contribution in [2.24, 2.45) is 0 Å². The summed E-state index contributed by atoms with van der Waals surface area (Å²) in [5.41, 5.74) is 0. The highest BCUT2D eigenvalue weighted by Crippen LogP contribution is 2.21. The zero-order valence-electron chi connectivity index (χ0n) is 8.13. The summed E-state index contributed by atoms with van der Waals surface area (Å²) in [4.78, 5) is 12.3. The van der Waals surface area contributed by atoms with Gasteiger partial charge in [0.15, 0.2) is 0 Å². The second-order valence-corrected chi connectivity index (χ2v) is 5.47. The van der Waals surface area contributed by atoms with E-state index in [-0.39, 0.29) is 5.91 Å². The molecule has 0 saturated heterocycles. The lowest BCUT2D eigenvalue weighted by Gasteiger charge is -2.10. The molecule has 0 aliphatic heterocycles. The van der Waals surface area contributed by atoms with Crippen LogP contribution in [0.3, 0.4) is 0 Å². The summed E-state index contributed by atoms with van der Waals surface area (Å²) in [5.74, 6) is -0.0113. The van der Waals surface area contributed by atoms with Gasteiger partial charge in [0.2, 0.25) is 0 Å². The van der Waals surface area contributed by atoms with Crippen molar-refractivity contribution in [3.63, 3.8) is 0 Å². The molecule has 0 aliphatic rings. The fourth-order valence-electron chi connectivity index (χ4n) is 0.871. The van der Waals surface area contributed by atoms with Gasteiger partial charge in [0.1, 0.15) is 0 Å². The van der Waals surface area contributed by atoms with Gasteiger partial charge in [-0.1, -0.05) is 0 Å². The number of halogens is 1. The van der Waals surface area contributed by atoms with Crippen LogP contribution in [0.2, 0.25) is 0 Å². The van der Waals surface area contributed by atoms with Crippen molar-refractivity contribution in [1.29, 1.82) is 0 Å². The fraction of sp³-hybridized carbons (Fsp3) is 0.444. The average Bonchev–Trinajstić information content (AvgIpc) is 2.60. The van der Waals surface area contributed by atoms with Crippen LogP contribution in [0.15, 0.2) is 15.9 Å². The van der Waals surface area contributed by atoms with Crippen LogP contribution in [0.4, 0.5) is 0 Å². The number of carbonyl (C=O) groups excluding carboxylic acids is 1. The monoisotopic (exact) mass is 276 g/mol. The Morgan fingerprint density at radius 1 is 1.64 bits per heavy atom. The van der Waals surface area contributed by atoms with Gasteiger partial charge >= 0.3 is 0 Å². The normalized spacial score (nSPS) is 12.5. The van der Waals surface area contributed by atoms with Crippen LogP contribution in [0.1, 0.15) is 16.6 Å². The van der Waals surface area contributed by atoms with Gasteiger partial charge in [-0.15, -0.1) is 11.3 Å². The fourth-order valence-corrected chi connectivity index (χ4v) is 2.17. The zero-order chi connectivity index (χ0) is 10.6. The third-order valence-electron chi connectivity index (χ3n) is 1.86. The molecule has 0 spiro atoms. The van der Waals surface area contributed by atoms with Gasteiger partial charge in [-0.25, -0.2) is 0 Å². The van der Waals surface area contributed by atoms with Gasteiger partial charge in [-0.05, 0) is 42.0 Å². The topological polar surface area (TPSA) is 41.1 Å². The molecule has 0 bridgehead atoms. The molecule has 3 nitrogen and oxygen atoms in total. The molecule has 0 aromatic carbocycles. The van der Waals surface area contributed by atoms with E-state index in [1.54, 1.807) is 0 Å². The van der Waals surface area contributed by atoms with Gasteiger partial charge in [0.25, 0.3) is 5.91 Å². The van der Waals surface area contributed by atoms with Crippen molar-refractivity contribution in [2.75, 3.05) is 13.6 Å². The van der Waals surface area contributed by atoms with Gasteiger partial charge in [0.05, 0.1) is 8.66 Å². The Morgan fingerprint density at radius 3 is 2.86 bits per heavy atom. The van der Waals surface area contributed by atoms with Gasteiger partial charge < -0.3 is 10.6 Å². The van der Waals surface area contributed by atoms with Crippen molar-refractivity contribution >= 4 is 33.2 Å². The molecule has 1 rings (SSSR count). The maximum atomic E-state index is 11.5. The molecule has 1 aromatic rings. The minimum Gasteiger partial charge on any atom is -0.350 e. The number of thiophene rings is 1.